The quantitative estimate of drug-likeness (QED) is 0.277. The molecule has 3 rings (SSSR count). The fraction of sp³-hybridized carbons (Fsp3) is 0.417. The first-order valence-corrected chi connectivity index (χ1v) is 11.0. The molecule has 12 heteroatoms. The topological polar surface area (TPSA) is 159 Å². The van der Waals surface area contributed by atoms with E-state index in [2.05, 4.69) is 10.6 Å². The van der Waals surface area contributed by atoms with Crippen molar-refractivity contribution in [3.05, 3.63) is 58.7 Å². The first-order chi connectivity index (χ1) is 16.8. The predicted octanol–water partition coefficient (Wildman–Crippen LogP) is 0.0700. The summed E-state index contributed by atoms with van der Waals surface area (Å²) < 4.78 is 42.0. The van der Waals surface area contributed by atoms with Crippen molar-refractivity contribution < 1.29 is 48.3 Å². The Morgan fingerprint density at radius 2 is 1.56 bits per heavy atom. The van der Waals surface area contributed by atoms with Gasteiger partial charge in [-0.2, -0.15) is 13.2 Å². The highest BCUT2D eigenvalue weighted by atomic mass is 19.4. The molecular weight excluding hydrogens is 485 g/mol. The summed E-state index contributed by atoms with van der Waals surface area (Å²) in [5.74, 6) is -2.44. The van der Waals surface area contributed by atoms with Crippen molar-refractivity contribution in [1.82, 2.24) is 10.6 Å². The van der Waals surface area contributed by atoms with E-state index in [-0.39, 0.29) is 22.3 Å². The Bertz CT molecular complexity index is 1120. The third-order valence-corrected chi connectivity index (χ3v) is 6.61. The van der Waals surface area contributed by atoms with Gasteiger partial charge in [0.2, 0.25) is 0 Å². The lowest BCUT2D eigenvalue weighted by Crippen LogP contribution is -2.75. The van der Waals surface area contributed by atoms with Crippen LogP contribution in [0, 0.1) is 5.92 Å². The second-order valence-corrected chi connectivity index (χ2v) is 8.66. The van der Waals surface area contributed by atoms with Crippen LogP contribution in [0.1, 0.15) is 31.8 Å². The van der Waals surface area contributed by atoms with Gasteiger partial charge >= 0.3 is 6.18 Å². The molecule has 0 aliphatic heterocycles. The molecule has 1 fully saturated rings. The summed E-state index contributed by atoms with van der Waals surface area (Å²) >= 11 is 0. The standard InChI is InChI=1S/C24H27F3N2O7/c1-28-21(34)14-5-13(6-15(7-14)22(35)29-2)11-3-4-12(16(8-11)24(25,26)27)9-18(31)23(36)17(10-30)19(32)20(23)33/h3-8,17-20,30-33,36H,9-10H2,1-2H3,(H,28,34)(H,29,35). The lowest BCUT2D eigenvalue weighted by Gasteiger charge is -2.55. The van der Waals surface area contributed by atoms with Crippen LogP contribution in [-0.2, 0) is 12.6 Å². The predicted molar refractivity (Wildman–Crippen MR) is 121 cm³/mol. The molecule has 7 N–H and O–H groups in total. The number of amides is 2. The summed E-state index contributed by atoms with van der Waals surface area (Å²) in [5.41, 5.74) is -3.67. The molecule has 9 nitrogen and oxygen atoms in total. The van der Waals surface area contributed by atoms with Crippen molar-refractivity contribution in [2.45, 2.75) is 36.5 Å². The molecule has 1 aliphatic rings. The maximum atomic E-state index is 14.0. The van der Waals surface area contributed by atoms with Gasteiger partial charge in [-0.05, 0) is 41.0 Å². The number of hydrogen-bond acceptors (Lipinski definition) is 7. The third kappa shape index (κ3) is 4.82. The van der Waals surface area contributed by atoms with Gasteiger partial charge in [0.05, 0.1) is 24.4 Å². The zero-order valence-corrected chi connectivity index (χ0v) is 19.4. The second kappa shape index (κ2) is 10.1. The number of hydrogen-bond donors (Lipinski definition) is 7. The Morgan fingerprint density at radius 3 is 2.03 bits per heavy atom. The Hall–Kier alpha value is -3.03. The summed E-state index contributed by atoms with van der Waals surface area (Å²) in [4.78, 5) is 24.3. The van der Waals surface area contributed by atoms with E-state index in [9.17, 15) is 48.3 Å². The molecule has 2 aromatic carbocycles. The van der Waals surface area contributed by atoms with Crippen LogP contribution in [0.5, 0.6) is 0 Å². The van der Waals surface area contributed by atoms with Gasteiger partial charge in [0.1, 0.15) is 11.7 Å². The van der Waals surface area contributed by atoms with Crippen LogP contribution in [0.15, 0.2) is 36.4 Å². The van der Waals surface area contributed by atoms with Gasteiger partial charge in [-0.1, -0.05) is 12.1 Å². The highest BCUT2D eigenvalue weighted by Gasteiger charge is 2.64. The summed E-state index contributed by atoms with van der Waals surface area (Å²) in [7, 11) is 2.73. The highest BCUT2D eigenvalue weighted by Crippen LogP contribution is 2.44. The number of alkyl halides is 3. The minimum atomic E-state index is -4.89. The number of halogens is 3. The SMILES string of the molecule is CNC(=O)c1cc(C(=O)NC)cc(-c2ccc(CC(O)C3(O)C(O)C(O)C3CO)c(C(F)(F)F)c2)c1. The molecule has 0 aromatic heterocycles. The van der Waals surface area contributed by atoms with Crippen LogP contribution in [-0.4, -0.2) is 82.0 Å². The molecule has 1 aliphatic carbocycles. The van der Waals surface area contributed by atoms with E-state index < -0.39 is 72.0 Å². The van der Waals surface area contributed by atoms with Gasteiger partial charge in [0.25, 0.3) is 11.8 Å². The van der Waals surface area contributed by atoms with E-state index in [4.69, 9.17) is 0 Å². The summed E-state index contributed by atoms with van der Waals surface area (Å²) in [6, 6.07) is 7.12. The van der Waals surface area contributed by atoms with Crippen molar-refractivity contribution in [2.24, 2.45) is 5.92 Å². The molecule has 1 saturated carbocycles. The van der Waals surface area contributed by atoms with Gasteiger partial charge in [0.15, 0.2) is 0 Å². The van der Waals surface area contributed by atoms with E-state index in [1.807, 2.05) is 0 Å². The maximum Gasteiger partial charge on any atom is 0.416 e. The van der Waals surface area contributed by atoms with Gasteiger partial charge in [0, 0.05) is 37.6 Å². The van der Waals surface area contributed by atoms with Gasteiger partial charge in [-0.25, -0.2) is 0 Å². The van der Waals surface area contributed by atoms with Crippen molar-refractivity contribution in [2.75, 3.05) is 20.7 Å². The Labute approximate surface area is 204 Å². The first-order valence-electron chi connectivity index (χ1n) is 11.0. The largest absolute Gasteiger partial charge is 0.416 e. The van der Waals surface area contributed by atoms with Crippen LogP contribution in [0.2, 0.25) is 0 Å². The van der Waals surface area contributed by atoms with E-state index in [0.717, 1.165) is 12.1 Å². The third-order valence-electron chi connectivity index (χ3n) is 6.61. The molecule has 2 aromatic rings. The molecule has 5 atom stereocenters. The van der Waals surface area contributed by atoms with Crippen molar-refractivity contribution >= 4 is 11.8 Å². The van der Waals surface area contributed by atoms with E-state index >= 15 is 0 Å². The van der Waals surface area contributed by atoms with Crippen LogP contribution in [0.25, 0.3) is 11.1 Å². The number of carbonyl (C=O) groups excluding carboxylic acids is 2. The average molecular weight is 512 g/mol. The number of aliphatic hydroxyl groups excluding tert-OH is 4. The number of carbonyl (C=O) groups is 2. The van der Waals surface area contributed by atoms with E-state index in [1.165, 1.54) is 38.4 Å². The monoisotopic (exact) mass is 512 g/mol. The highest BCUT2D eigenvalue weighted by molar-refractivity contribution is 6.01. The fourth-order valence-corrected chi connectivity index (χ4v) is 4.48. The normalized spacial score (nSPS) is 24.6. The summed E-state index contributed by atoms with van der Waals surface area (Å²) in [6.07, 6.45) is -11.0. The minimum absolute atomic E-state index is 0.0301. The van der Waals surface area contributed by atoms with Crippen molar-refractivity contribution in [1.29, 1.82) is 0 Å². The molecule has 0 heterocycles. The molecular formula is C24H27F3N2O7. The van der Waals surface area contributed by atoms with Crippen LogP contribution in [0.3, 0.4) is 0 Å². The fourth-order valence-electron chi connectivity index (χ4n) is 4.48. The average Bonchev–Trinajstić information content (AvgIpc) is 2.86. The zero-order valence-electron chi connectivity index (χ0n) is 19.4. The Kier molecular flexibility index (Phi) is 7.77. The van der Waals surface area contributed by atoms with Crippen molar-refractivity contribution in [3.8, 4) is 11.1 Å². The van der Waals surface area contributed by atoms with Gasteiger partial charge in [-0.3, -0.25) is 9.59 Å². The molecule has 5 unspecified atom stereocenters. The molecule has 0 radical (unpaired) electrons. The van der Waals surface area contributed by atoms with Gasteiger partial charge in [-0.15, -0.1) is 0 Å². The first kappa shape index (κ1) is 27.6. The summed E-state index contributed by atoms with van der Waals surface area (Å²) in [6.45, 7) is -0.799. The maximum absolute atomic E-state index is 14.0. The minimum Gasteiger partial charge on any atom is -0.396 e. The lowest BCUT2D eigenvalue weighted by atomic mass is 9.61. The zero-order chi connectivity index (χ0) is 27.0. The second-order valence-electron chi connectivity index (χ2n) is 8.66. The molecule has 196 valence electrons. The van der Waals surface area contributed by atoms with Gasteiger partial charge < -0.3 is 36.2 Å². The Morgan fingerprint density at radius 1 is 1.00 bits per heavy atom. The summed E-state index contributed by atoms with van der Waals surface area (Å²) in [5, 5.41) is 54.9. The van der Waals surface area contributed by atoms with E-state index in [0.29, 0.717) is 0 Å². The molecule has 0 saturated heterocycles. The number of nitrogens with one attached hydrogen (secondary N) is 2. The smallest absolute Gasteiger partial charge is 0.396 e. The van der Waals surface area contributed by atoms with E-state index in [1.54, 1.807) is 0 Å². The molecule has 36 heavy (non-hydrogen) atoms. The molecule has 2 amide bonds. The Balaban J connectivity index is 2.05. The van der Waals surface area contributed by atoms with Crippen LogP contribution >= 0.6 is 0 Å². The van der Waals surface area contributed by atoms with Crippen LogP contribution < -0.4 is 10.6 Å². The van der Waals surface area contributed by atoms with Crippen molar-refractivity contribution in [3.63, 3.8) is 0 Å². The number of benzene rings is 2. The van der Waals surface area contributed by atoms with Crippen LogP contribution in [0.4, 0.5) is 13.2 Å². The molecule has 0 spiro atoms. The molecule has 0 bridgehead atoms. The lowest BCUT2D eigenvalue weighted by molar-refractivity contribution is -0.300. The number of aliphatic hydroxyl groups is 5. The number of rotatable bonds is 7.